The molecule has 104 valence electrons. The largest absolute Gasteiger partial charge is 0.497 e. The van der Waals surface area contributed by atoms with Gasteiger partial charge in [-0.25, -0.2) is 0 Å². The summed E-state index contributed by atoms with van der Waals surface area (Å²) < 4.78 is 6.98. The summed E-state index contributed by atoms with van der Waals surface area (Å²) in [6.45, 7) is 0.471. The van der Waals surface area contributed by atoms with Crippen molar-refractivity contribution in [1.29, 1.82) is 0 Å². The number of methoxy groups -OCH3 is 1. The minimum atomic E-state index is -0.0847. The van der Waals surface area contributed by atoms with Crippen LogP contribution in [-0.4, -0.2) is 13.0 Å². The summed E-state index contributed by atoms with van der Waals surface area (Å²) in [5, 5.41) is 2.91. The molecule has 20 heavy (non-hydrogen) atoms. The molecule has 2 rings (SSSR count). The van der Waals surface area contributed by atoms with Gasteiger partial charge in [0.15, 0.2) is 0 Å². The van der Waals surface area contributed by atoms with Crippen LogP contribution in [0.5, 0.6) is 5.75 Å². The van der Waals surface area contributed by atoms with E-state index in [0.717, 1.165) is 19.4 Å². The van der Waals surface area contributed by atoms with Gasteiger partial charge >= 0.3 is 0 Å². The van der Waals surface area contributed by atoms with E-state index in [-0.39, 0.29) is 5.91 Å². The van der Waals surface area contributed by atoms with Gasteiger partial charge < -0.3 is 10.1 Å². The van der Waals surface area contributed by atoms with Crippen LogP contribution in [0.2, 0.25) is 0 Å². The number of carbonyl (C=O) groups excluding carboxylic acids is 1. The molecular formula is C15H13BrINO2. The minimum Gasteiger partial charge on any atom is -0.497 e. The molecule has 3 nitrogen and oxygen atoms in total. The van der Waals surface area contributed by atoms with Crippen molar-refractivity contribution in [2.24, 2.45) is 0 Å². The summed E-state index contributed by atoms with van der Waals surface area (Å²) in [4.78, 5) is 12.2. The molecule has 0 aliphatic rings. The molecule has 0 aliphatic carbocycles. The van der Waals surface area contributed by atoms with E-state index in [1.807, 2.05) is 42.5 Å². The zero-order chi connectivity index (χ0) is 14.5. The van der Waals surface area contributed by atoms with E-state index in [4.69, 9.17) is 4.74 Å². The smallest absolute Gasteiger partial charge is 0.252 e. The van der Waals surface area contributed by atoms with Crippen molar-refractivity contribution < 1.29 is 9.53 Å². The molecule has 0 bridgehead atoms. The highest BCUT2D eigenvalue weighted by molar-refractivity contribution is 14.1. The van der Waals surface area contributed by atoms with Crippen LogP contribution in [0.1, 0.15) is 15.9 Å². The Morgan fingerprint density at radius 2 is 2.10 bits per heavy atom. The summed E-state index contributed by atoms with van der Waals surface area (Å²) in [5.41, 5.74) is 1.67. The van der Waals surface area contributed by atoms with Gasteiger partial charge in [0.25, 0.3) is 5.91 Å². The lowest BCUT2D eigenvalue weighted by molar-refractivity contribution is 0.0950. The second-order valence-corrected chi connectivity index (χ2v) is 6.24. The third-order valence-electron chi connectivity index (χ3n) is 2.76. The second kappa shape index (κ2) is 7.08. The van der Waals surface area contributed by atoms with Crippen molar-refractivity contribution in [1.82, 2.24) is 5.32 Å². The molecule has 0 heterocycles. The third kappa shape index (κ3) is 3.96. The first-order valence-corrected chi connectivity index (χ1v) is 7.83. The molecule has 1 amide bonds. The minimum absolute atomic E-state index is 0.0847. The number of carbonyl (C=O) groups is 1. The Morgan fingerprint density at radius 1 is 1.30 bits per heavy atom. The first-order valence-electron chi connectivity index (χ1n) is 5.96. The van der Waals surface area contributed by atoms with Crippen molar-refractivity contribution in [3.05, 3.63) is 61.6 Å². The van der Waals surface area contributed by atoms with Crippen molar-refractivity contribution in [3.8, 4) is 5.75 Å². The van der Waals surface area contributed by atoms with E-state index >= 15 is 0 Å². The number of halogens is 2. The molecule has 0 radical (unpaired) electrons. The van der Waals surface area contributed by atoms with Crippen LogP contribution in [0, 0.1) is 3.57 Å². The van der Waals surface area contributed by atoms with E-state index in [2.05, 4.69) is 43.8 Å². The summed E-state index contributed by atoms with van der Waals surface area (Å²) in [7, 11) is 1.63. The van der Waals surface area contributed by atoms with Crippen LogP contribution in [0.25, 0.3) is 0 Å². The van der Waals surface area contributed by atoms with Crippen LogP contribution in [-0.2, 0) is 6.54 Å². The Morgan fingerprint density at radius 3 is 2.85 bits per heavy atom. The molecule has 0 fully saturated rings. The van der Waals surface area contributed by atoms with Crippen molar-refractivity contribution in [3.63, 3.8) is 0 Å². The van der Waals surface area contributed by atoms with Crippen LogP contribution >= 0.6 is 38.5 Å². The Bertz CT molecular complexity index is 631. The van der Waals surface area contributed by atoms with Gasteiger partial charge in [-0.15, -0.1) is 0 Å². The van der Waals surface area contributed by atoms with Crippen molar-refractivity contribution in [2.75, 3.05) is 7.11 Å². The Kier molecular flexibility index (Phi) is 5.42. The number of ether oxygens (including phenoxy) is 1. The molecule has 0 atom stereocenters. The Hall–Kier alpha value is -1.08. The fourth-order valence-electron chi connectivity index (χ4n) is 1.73. The first kappa shape index (κ1) is 15.3. The number of rotatable bonds is 4. The Labute approximate surface area is 140 Å². The maximum Gasteiger partial charge on any atom is 0.252 e. The monoisotopic (exact) mass is 445 g/mol. The molecule has 0 saturated heterocycles. The van der Waals surface area contributed by atoms with Gasteiger partial charge in [-0.2, -0.15) is 0 Å². The molecule has 0 aliphatic heterocycles. The van der Waals surface area contributed by atoms with E-state index in [9.17, 15) is 4.79 Å². The van der Waals surface area contributed by atoms with E-state index in [1.165, 1.54) is 0 Å². The van der Waals surface area contributed by atoms with Gasteiger partial charge in [0.05, 0.1) is 12.7 Å². The van der Waals surface area contributed by atoms with Crippen LogP contribution in [0.15, 0.2) is 46.9 Å². The van der Waals surface area contributed by atoms with Gasteiger partial charge in [0.2, 0.25) is 0 Å². The predicted octanol–water partition coefficient (Wildman–Crippen LogP) is 3.99. The van der Waals surface area contributed by atoms with Crippen LogP contribution < -0.4 is 10.1 Å². The summed E-state index contributed by atoms with van der Waals surface area (Å²) in [5.74, 6) is 0.701. The average Bonchev–Trinajstić information content (AvgIpc) is 2.47. The summed E-state index contributed by atoms with van der Waals surface area (Å²) in [6.07, 6.45) is 0. The number of benzene rings is 2. The fourth-order valence-corrected chi connectivity index (χ4v) is 2.67. The number of hydrogen-bond donors (Lipinski definition) is 1. The lowest BCUT2D eigenvalue weighted by atomic mass is 10.2. The number of amides is 1. The van der Waals surface area contributed by atoms with Gasteiger partial charge in [-0.05, 0) is 58.5 Å². The van der Waals surface area contributed by atoms with E-state index in [1.54, 1.807) is 7.11 Å². The topological polar surface area (TPSA) is 38.3 Å². The fraction of sp³-hybridized carbons (Fsp3) is 0.133. The predicted molar refractivity (Wildman–Crippen MR) is 91.0 cm³/mol. The molecule has 5 heteroatoms. The van der Waals surface area contributed by atoms with Gasteiger partial charge in [0.1, 0.15) is 5.75 Å². The summed E-state index contributed by atoms with van der Waals surface area (Å²) in [6, 6.07) is 13.3. The van der Waals surface area contributed by atoms with Crippen LogP contribution in [0.4, 0.5) is 0 Å². The third-order valence-corrected chi connectivity index (χ3v) is 4.19. The maximum absolute atomic E-state index is 12.2. The SMILES string of the molecule is COc1cccc(CNC(=O)c2cc(Br)ccc2I)c1. The van der Waals surface area contributed by atoms with E-state index in [0.29, 0.717) is 12.1 Å². The molecule has 2 aromatic rings. The number of hydrogen-bond acceptors (Lipinski definition) is 2. The van der Waals surface area contributed by atoms with Gasteiger partial charge in [0, 0.05) is 14.6 Å². The molecule has 2 aromatic carbocycles. The zero-order valence-corrected chi connectivity index (χ0v) is 14.6. The highest BCUT2D eigenvalue weighted by Crippen LogP contribution is 2.18. The maximum atomic E-state index is 12.2. The van der Waals surface area contributed by atoms with Gasteiger partial charge in [-0.3, -0.25) is 4.79 Å². The normalized spacial score (nSPS) is 10.2. The lowest BCUT2D eigenvalue weighted by Crippen LogP contribution is -2.23. The van der Waals surface area contributed by atoms with Gasteiger partial charge in [-0.1, -0.05) is 28.1 Å². The zero-order valence-electron chi connectivity index (χ0n) is 10.8. The molecular weight excluding hydrogens is 433 g/mol. The summed E-state index contributed by atoms with van der Waals surface area (Å²) >= 11 is 5.54. The molecule has 0 aromatic heterocycles. The second-order valence-electron chi connectivity index (χ2n) is 4.16. The van der Waals surface area contributed by atoms with E-state index < -0.39 is 0 Å². The van der Waals surface area contributed by atoms with Crippen LogP contribution in [0.3, 0.4) is 0 Å². The molecule has 0 spiro atoms. The average molecular weight is 446 g/mol. The highest BCUT2D eigenvalue weighted by atomic mass is 127. The number of nitrogens with one attached hydrogen (secondary N) is 1. The Balaban J connectivity index is 2.06. The standard InChI is InChI=1S/C15H13BrINO2/c1-20-12-4-2-3-10(7-12)9-18-15(19)13-8-11(16)5-6-14(13)17/h2-8H,9H2,1H3,(H,18,19). The van der Waals surface area contributed by atoms with Crippen molar-refractivity contribution in [2.45, 2.75) is 6.54 Å². The molecule has 0 saturated carbocycles. The first-order chi connectivity index (χ1) is 9.60. The quantitative estimate of drug-likeness (QED) is 0.722. The molecule has 1 N–H and O–H groups in total. The lowest BCUT2D eigenvalue weighted by Gasteiger charge is -2.08. The molecule has 0 unspecified atom stereocenters. The van der Waals surface area contributed by atoms with Crippen molar-refractivity contribution >= 4 is 44.4 Å². The highest BCUT2D eigenvalue weighted by Gasteiger charge is 2.10.